The van der Waals surface area contributed by atoms with E-state index >= 15 is 0 Å². The Kier molecular flexibility index (Phi) is 4.74. The van der Waals surface area contributed by atoms with Crippen molar-refractivity contribution in [2.75, 3.05) is 26.9 Å². The lowest BCUT2D eigenvalue weighted by molar-refractivity contribution is 0.0664. The zero-order valence-electron chi connectivity index (χ0n) is 7.56. The fraction of sp³-hybridized carbons (Fsp3) is 0.625. The average molecular weight is 203 g/mol. The first-order valence-electron chi connectivity index (χ1n) is 4.05. The molecule has 13 heavy (non-hydrogen) atoms. The second-order valence-electron chi connectivity index (χ2n) is 2.47. The van der Waals surface area contributed by atoms with E-state index in [-0.39, 0.29) is 4.87 Å². The van der Waals surface area contributed by atoms with Crippen molar-refractivity contribution in [2.24, 2.45) is 0 Å². The minimum absolute atomic E-state index is 0.0651. The molecule has 0 N–H and O–H groups in total. The summed E-state index contributed by atoms with van der Waals surface area (Å²) in [5.41, 5.74) is 0. The number of thiazole rings is 1. The molecule has 0 saturated heterocycles. The van der Waals surface area contributed by atoms with Gasteiger partial charge in [0, 0.05) is 25.2 Å². The number of hydrogen-bond acceptors (Lipinski definition) is 4. The summed E-state index contributed by atoms with van der Waals surface area (Å²) >= 11 is 1.20. The van der Waals surface area contributed by atoms with Crippen LogP contribution in [0.1, 0.15) is 0 Å². The molecule has 0 atom stereocenters. The highest BCUT2D eigenvalue weighted by molar-refractivity contribution is 7.07. The summed E-state index contributed by atoms with van der Waals surface area (Å²) in [5, 5.41) is 1.78. The molecule has 1 aromatic heterocycles. The molecule has 0 radical (unpaired) electrons. The zero-order chi connectivity index (χ0) is 9.52. The van der Waals surface area contributed by atoms with Crippen molar-refractivity contribution >= 4 is 11.3 Å². The van der Waals surface area contributed by atoms with Gasteiger partial charge in [-0.1, -0.05) is 11.3 Å². The number of methoxy groups -OCH3 is 1. The maximum atomic E-state index is 11.0. The van der Waals surface area contributed by atoms with Crippen LogP contribution in [-0.4, -0.2) is 31.5 Å². The van der Waals surface area contributed by atoms with Crippen molar-refractivity contribution in [3.05, 3.63) is 21.2 Å². The van der Waals surface area contributed by atoms with Crippen LogP contribution in [0.4, 0.5) is 0 Å². The lowest BCUT2D eigenvalue weighted by Crippen LogP contribution is -2.16. The molecular weight excluding hydrogens is 190 g/mol. The number of nitrogens with zero attached hydrogens (tertiary/aromatic N) is 1. The van der Waals surface area contributed by atoms with Gasteiger partial charge in [0.1, 0.15) is 0 Å². The number of ether oxygens (including phenoxy) is 2. The third-order valence-corrected chi connectivity index (χ3v) is 2.25. The van der Waals surface area contributed by atoms with Crippen LogP contribution in [0.2, 0.25) is 0 Å². The van der Waals surface area contributed by atoms with Crippen LogP contribution in [0.15, 0.2) is 16.4 Å². The maximum Gasteiger partial charge on any atom is 0.307 e. The van der Waals surface area contributed by atoms with Gasteiger partial charge in [-0.05, 0) is 0 Å². The summed E-state index contributed by atoms with van der Waals surface area (Å²) in [7, 11) is 1.63. The summed E-state index contributed by atoms with van der Waals surface area (Å²) in [6.45, 7) is 2.35. The lowest BCUT2D eigenvalue weighted by atomic mass is 10.6. The van der Waals surface area contributed by atoms with Crippen molar-refractivity contribution < 1.29 is 9.47 Å². The molecule has 0 aliphatic carbocycles. The van der Waals surface area contributed by atoms with E-state index in [4.69, 9.17) is 9.47 Å². The van der Waals surface area contributed by atoms with E-state index in [1.165, 1.54) is 11.3 Å². The quantitative estimate of drug-likeness (QED) is 0.635. The summed E-state index contributed by atoms with van der Waals surface area (Å²) in [4.78, 5) is 11.1. The minimum Gasteiger partial charge on any atom is -0.382 e. The summed E-state index contributed by atoms with van der Waals surface area (Å²) in [6, 6.07) is 0. The predicted octanol–water partition coefficient (Wildman–Crippen LogP) is 0.573. The Morgan fingerprint density at radius 2 is 2.31 bits per heavy atom. The first-order valence-corrected chi connectivity index (χ1v) is 4.93. The molecule has 0 unspecified atom stereocenters. The van der Waals surface area contributed by atoms with Crippen LogP contribution in [-0.2, 0) is 16.0 Å². The monoisotopic (exact) mass is 203 g/mol. The molecule has 1 rings (SSSR count). The Hall–Kier alpha value is -0.650. The molecule has 0 amide bonds. The fourth-order valence-electron chi connectivity index (χ4n) is 0.864. The third-order valence-electron chi connectivity index (χ3n) is 1.55. The average Bonchev–Trinajstić information content (AvgIpc) is 2.52. The van der Waals surface area contributed by atoms with Gasteiger partial charge in [0.25, 0.3) is 0 Å². The van der Waals surface area contributed by atoms with Crippen LogP contribution >= 0.6 is 11.3 Å². The van der Waals surface area contributed by atoms with Crippen molar-refractivity contribution in [3.63, 3.8) is 0 Å². The van der Waals surface area contributed by atoms with E-state index in [0.717, 1.165) is 0 Å². The molecule has 1 heterocycles. The highest BCUT2D eigenvalue weighted by Gasteiger charge is 1.95. The summed E-state index contributed by atoms with van der Waals surface area (Å²) in [6.07, 6.45) is 1.77. The first kappa shape index (κ1) is 10.4. The van der Waals surface area contributed by atoms with E-state index in [1.54, 1.807) is 23.3 Å². The van der Waals surface area contributed by atoms with E-state index in [0.29, 0.717) is 26.4 Å². The van der Waals surface area contributed by atoms with E-state index in [1.807, 2.05) is 0 Å². The highest BCUT2D eigenvalue weighted by atomic mass is 32.1. The van der Waals surface area contributed by atoms with Gasteiger partial charge in [-0.2, -0.15) is 0 Å². The Balaban J connectivity index is 2.13. The van der Waals surface area contributed by atoms with E-state index < -0.39 is 0 Å². The van der Waals surface area contributed by atoms with E-state index in [2.05, 4.69) is 0 Å². The SMILES string of the molecule is COCCOCCn1ccsc1=O. The Morgan fingerprint density at radius 3 is 2.92 bits per heavy atom. The number of hydrogen-bond donors (Lipinski definition) is 0. The van der Waals surface area contributed by atoms with Gasteiger partial charge in [-0.15, -0.1) is 0 Å². The topological polar surface area (TPSA) is 40.5 Å². The van der Waals surface area contributed by atoms with Gasteiger partial charge >= 0.3 is 4.87 Å². The molecule has 0 saturated carbocycles. The normalized spacial score (nSPS) is 10.5. The van der Waals surface area contributed by atoms with Crippen molar-refractivity contribution in [2.45, 2.75) is 6.54 Å². The molecule has 4 nitrogen and oxygen atoms in total. The van der Waals surface area contributed by atoms with E-state index in [9.17, 15) is 4.79 Å². The van der Waals surface area contributed by atoms with Crippen molar-refractivity contribution in [1.29, 1.82) is 0 Å². The van der Waals surface area contributed by atoms with Crippen molar-refractivity contribution in [3.8, 4) is 0 Å². The second-order valence-corrected chi connectivity index (χ2v) is 3.32. The smallest absolute Gasteiger partial charge is 0.307 e. The van der Waals surface area contributed by atoms with Crippen LogP contribution in [0.3, 0.4) is 0 Å². The fourth-order valence-corrected chi connectivity index (χ4v) is 1.48. The maximum absolute atomic E-state index is 11.0. The highest BCUT2D eigenvalue weighted by Crippen LogP contribution is 1.89. The summed E-state index contributed by atoms with van der Waals surface area (Å²) < 4.78 is 11.7. The Labute approximate surface area is 80.7 Å². The van der Waals surface area contributed by atoms with Crippen molar-refractivity contribution in [1.82, 2.24) is 4.57 Å². The van der Waals surface area contributed by atoms with Gasteiger partial charge < -0.3 is 14.0 Å². The lowest BCUT2D eigenvalue weighted by Gasteiger charge is -2.03. The van der Waals surface area contributed by atoms with Gasteiger partial charge in [0.2, 0.25) is 0 Å². The van der Waals surface area contributed by atoms with Gasteiger partial charge in [-0.3, -0.25) is 4.79 Å². The molecule has 74 valence electrons. The van der Waals surface area contributed by atoms with Crippen LogP contribution < -0.4 is 4.87 Å². The Morgan fingerprint density at radius 1 is 1.46 bits per heavy atom. The Bertz CT molecular complexity index is 281. The molecule has 0 aromatic carbocycles. The number of rotatable bonds is 6. The molecule has 0 aliphatic heterocycles. The van der Waals surface area contributed by atoms with Gasteiger partial charge in [0.05, 0.1) is 19.8 Å². The largest absolute Gasteiger partial charge is 0.382 e. The molecule has 5 heteroatoms. The molecule has 0 fully saturated rings. The van der Waals surface area contributed by atoms with Gasteiger partial charge in [0.15, 0.2) is 0 Å². The molecule has 0 aliphatic rings. The molecule has 0 spiro atoms. The second kappa shape index (κ2) is 5.90. The summed E-state index contributed by atoms with van der Waals surface area (Å²) in [5.74, 6) is 0. The minimum atomic E-state index is 0.0651. The predicted molar refractivity (Wildman–Crippen MR) is 51.3 cm³/mol. The molecular formula is C8H13NO3S. The number of aromatic nitrogens is 1. The van der Waals surface area contributed by atoms with Crippen LogP contribution in [0.5, 0.6) is 0 Å². The van der Waals surface area contributed by atoms with Crippen LogP contribution in [0.25, 0.3) is 0 Å². The van der Waals surface area contributed by atoms with Gasteiger partial charge in [-0.25, -0.2) is 0 Å². The molecule has 1 aromatic rings. The zero-order valence-corrected chi connectivity index (χ0v) is 8.38. The third kappa shape index (κ3) is 3.71. The van der Waals surface area contributed by atoms with Crippen LogP contribution in [0, 0.1) is 0 Å². The first-order chi connectivity index (χ1) is 6.34. The molecule has 0 bridgehead atoms. The standard InChI is InChI=1S/C8H13NO3S/c1-11-5-6-12-4-2-9-3-7-13-8(9)10/h3,7H,2,4-6H2,1H3.